The highest BCUT2D eigenvalue weighted by Gasteiger charge is 2.51. The number of carboxylic acids is 1. The van der Waals surface area contributed by atoms with E-state index >= 15 is 0 Å². The Hall–Kier alpha value is -3.35. The molecule has 0 unspecified atom stereocenters. The van der Waals surface area contributed by atoms with Crippen molar-refractivity contribution in [3.05, 3.63) is 70.5 Å². The largest absolute Gasteiger partial charge is 0.480 e. The van der Waals surface area contributed by atoms with E-state index in [4.69, 9.17) is 9.47 Å². The van der Waals surface area contributed by atoms with Crippen molar-refractivity contribution in [3.8, 4) is 0 Å². The first-order valence-corrected chi connectivity index (χ1v) is 11.7. The van der Waals surface area contributed by atoms with Crippen molar-refractivity contribution in [3.63, 3.8) is 0 Å². The van der Waals surface area contributed by atoms with E-state index in [2.05, 4.69) is 0 Å². The number of ether oxygens (including phenoxy) is 2. The molecule has 2 aromatic carbocycles. The molecule has 1 aliphatic heterocycles. The number of rotatable bonds is 5. The third kappa shape index (κ3) is 7.20. The molecule has 0 spiro atoms. The van der Waals surface area contributed by atoms with E-state index in [1.807, 2.05) is 0 Å². The monoisotopic (exact) mass is 565 g/mol. The Kier molecular flexibility index (Phi) is 8.26. The Labute approximate surface area is 219 Å². The second-order valence-electron chi connectivity index (χ2n) is 10.1. The van der Waals surface area contributed by atoms with Gasteiger partial charge < -0.3 is 14.6 Å². The van der Waals surface area contributed by atoms with Crippen molar-refractivity contribution in [1.29, 1.82) is 0 Å². The molecule has 13 heteroatoms. The van der Waals surface area contributed by atoms with Gasteiger partial charge in [0.05, 0.1) is 29.9 Å². The molecule has 1 saturated heterocycles. The lowest BCUT2D eigenvalue weighted by atomic mass is 9.89. The standard InChI is InChI=1S/C26H26F7NO5/c1-13(15-9-16(25(28,29)30)11-17(10-15)26(31,32)33)38-19-12-34(23(37)39-24(2,3)4)21(22(35)36)20(19)14-5-7-18(27)8-6-14/h5-11,13,19-21H,12H2,1-4H3,(H,35,36)/t13-,19+,20-,21-/m1/s1. The van der Waals surface area contributed by atoms with Crippen LogP contribution in [0.25, 0.3) is 0 Å². The van der Waals surface area contributed by atoms with Crippen LogP contribution < -0.4 is 0 Å². The molecule has 3 rings (SSSR count). The van der Waals surface area contributed by atoms with E-state index in [1.54, 1.807) is 20.8 Å². The molecule has 1 heterocycles. The van der Waals surface area contributed by atoms with Crippen molar-refractivity contribution >= 4 is 12.1 Å². The zero-order valence-electron chi connectivity index (χ0n) is 21.2. The Balaban J connectivity index is 2.05. The molecule has 4 atom stereocenters. The third-order valence-corrected chi connectivity index (χ3v) is 6.05. The number of likely N-dealkylation sites (tertiary alicyclic amines) is 1. The number of hydrogen-bond donors (Lipinski definition) is 1. The Morgan fingerprint density at radius 3 is 1.90 bits per heavy atom. The Bertz CT molecular complexity index is 1170. The number of carboxylic acid groups (broad SMARTS) is 1. The molecule has 6 nitrogen and oxygen atoms in total. The van der Waals surface area contributed by atoms with Gasteiger partial charge in [0.1, 0.15) is 17.5 Å². The van der Waals surface area contributed by atoms with Gasteiger partial charge in [-0.2, -0.15) is 26.3 Å². The van der Waals surface area contributed by atoms with Crippen LogP contribution in [0.5, 0.6) is 0 Å². The van der Waals surface area contributed by atoms with Crippen molar-refractivity contribution < 1.29 is 54.9 Å². The molecule has 1 amide bonds. The van der Waals surface area contributed by atoms with E-state index in [-0.39, 0.29) is 11.6 Å². The van der Waals surface area contributed by atoms with Crippen molar-refractivity contribution in [2.45, 2.75) is 69.8 Å². The number of aliphatic carboxylic acids is 1. The molecule has 0 radical (unpaired) electrons. The van der Waals surface area contributed by atoms with E-state index < -0.39 is 83.2 Å². The van der Waals surface area contributed by atoms with Crippen molar-refractivity contribution in [2.24, 2.45) is 0 Å². The average Bonchev–Trinajstić information content (AvgIpc) is 3.16. The van der Waals surface area contributed by atoms with Gasteiger partial charge in [0.2, 0.25) is 0 Å². The van der Waals surface area contributed by atoms with Crippen LogP contribution in [-0.2, 0) is 26.6 Å². The smallest absolute Gasteiger partial charge is 0.416 e. The van der Waals surface area contributed by atoms with Crippen LogP contribution in [0.2, 0.25) is 0 Å². The molecule has 0 bridgehead atoms. The summed E-state index contributed by atoms with van der Waals surface area (Å²) in [4.78, 5) is 26.1. The quantitative estimate of drug-likeness (QED) is 0.404. The third-order valence-electron chi connectivity index (χ3n) is 6.05. The number of alkyl halides is 6. The number of halogens is 7. The number of carbonyl (C=O) groups is 2. The van der Waals surface area contributed by atoms with E-state index in [0.717, 1.165) is 17.0 Å². The minimum atomic E-state index is -5.08. The molecule has 1 fully saturated rings. The molecular formula is C26H26F7NO5. The molecular weight excluding hydrogens is 539 g/mol. The Morgan fingerprint density at radius 1 is 0.949 bits per heavy atom. The summed E-state index contributed by atoms with van der Waals surface area (Å²) < 4.78 is 105. The molecule has 0 aliphatic carbocycles. The topological polar surface area (TPSA) is 76.1 Å². The summed E-state index contributed by atoms with van der Waals surface area (Å²) in [6.07, 6.45) is -13.8. The minimum absolute atomic E-state index is 0.0161. The lowest BCUT2D eigenvalue weighted by molar-refractivity contribution is -0.144. The number of hydrogen-bond acceptors (Lipinski definition) is 4. The van der Waals surface area contributed by atoms with Gasteiger partial charge in [-0.3, -0.25) is 4.90 Å². The maximum Gasteiger partial charge on any atom is 0.416 e. The zero-order valence-corrected chi connectivity index (χ0v) is 21.2. The van der Waals surface area contributed by atoms with Gasteiger partial charge in [-0.1, -0.05) is 12.1 Å². The summed E-state index contributed by atoms with van der Waals surface area (Å²) in [5.41, 5.74) is -4.32. The first kappa shape index (κ1) is 30.2. The van der Waals surface area contributed by atoms with Crippen molar-refractivity contribution in [1.82, 2.24) is 4.90 Å². The van der Waals surface area contributed by atoms with Crippen molar-refractivity contribution in [2.75, 3.05) is 6.54 Å². The summed E-state index contributed by atoms with van der Waals surface area (Å²) in [6.45, 7) is 5.45. The predicted molar refractivity (Wildman–Crippen MR) is 123 cm³/mol. The predicted octanol–water partition coefficient (Wildman–Crippen LogP) is 6.80. The van der Waals surface area contributed by atoms with Gasteiger partial charge in [-0.05, 0) is 69.2 Å². The fourth-order valence-electron chi connectivity index (χ4n) is 4.38. The normalized spacial score (nSPS) is 21.1. The van der Waals surface area contributed by atoms with Crippen LogP contribution in [0.15, 0.2) is 42.5 Å². The number of benzene rings is 2. The highest BCUT2D eigenvalue weighted by molar-refractivity contribution is 5.82. The molecule has 2 aromatic rings. The van der Waals surface area contributed by atoms with Crippen LogP contribution in [-0.4, -0.2) is 46.4 Å². The van der Waals surface area contributed by atoms with Gasteiger partial charge >= 0.3 is 24.4 Å². The highest BCUT2D eigenvalue weighted by atomic mass is 19.4. The first-order valence-electron chi connectivity index (χ1n) is 11.7. The van der Waals surface area contributed by atoms with Gasteiger partial charge in [0, 0.05) is 5.92 Å². The van der Waals surface area contributed by atoms with Crippen LogP contribution in [0.3, 0.4) is 0 Å². The number of amides is 1. The van der Waals surface area contributed by atoms with E-state index in [0.29, 0.717) is 12.1 Å². The molecule has 39 heavy (non-hydrogen) atoms. The highest BCUT2D eigenvalue weighted by Crippen LogP contribution is 2.41. The lowest BCUT2D eigenvalue weighted by Gasteiger charge is -2.28. The Morgan fingerprint density at radius 2 is 1.46 bits per heavy atom. The second kappa shape index (κ2) is 10.7. The molecule has 214 valence electrons. The molecule has 1 aliphatic rings. The van der Waals surface area contributed by atoms with E-state index in [1.165, 1.54) is 19.1 Å². The average molecular weight is 565 g/mol. The van der Waals surface area contributed by atoms with Crippen LogP contribution in [0, 0.1) is 5.82 Å². The summed E-state index contributed by atoms with van der Waals surface area (Å²) in [5.74, 6) is -3.26. The SMILES string of the molecule is C[C@@H](O[C@H]1CN(C(=O)OC(C)(C)C)[C@@H](C(=O)O)[C@@H]1c1ccc(F)cc1)c1cc(C(F)(F)F)cc(C(F)(F)F)c1. The number of nitrogens with zero attached hydrogens (tertiary/aromatic N) is 1. The van der Waals surface area contributed by atoms with Gasteiger partial charge in [0.15, 0.2) is 0 Å². The lowest BCUT2D eigenvalue weighted by Crippen LogP contribution is -2.45. The fourth-order valence-corrected chi connectivity index (χ4v) is 4.38. The summed E-state index contributed by atoms with van der Waals surface area (Å²) in [6, 6.07) is 4.06. The fraction of sp³-hybridized carbons (Fsp3) is 0.462. The van der Waals surface area contributed by atoms with Crippen LogP contribution in [0.4, 0.5) is 35.5 Å². The van der Waals surface area contributed by atoms with Gasteiger partial charge in [0.25, 0.3) is 0 Å². The molecule has 0 saturated carbocycles. The molecule has 0 aromatic heterocycles. The summed E-state index contributed by atoms with van der Waals surface area (Å²) in [7, 11) is 0. The van der Waals surface area contributed by atoms with Crippen LogP contribution in [0.1, 0.15) is 62.0 Å². The number of carbonyl (C=O) groups excluding carboxylic acids is 1. The van der Waals surface area contributed by atoms with Gasteiger partial charge in [-0.25, -0.2) is 14.0 Å². The van der Waals surface area contributed by atoms with E-state index in [9.17, 15) is 45.4 Å². The molecule has 1 N–H and O–H groups in total. The first-order chi connectivity index (χ1) is 17.8. The second-order valence-corrected chi connectivity index (χ2v) is 10.1. The minimum Gasteiger partial charge on any atom is -0.480 e. The zero-order chi connectivity index (χ0) is 29.5. The summed E-state index contributed by atoms with van der Waals surface area (Å²) in [5, 5.41) is 10.0. The maximum atomic E-state index is 13.6. The van der Waals surface area contributed by atoms with Gasteiger partial charge in [-0.15, -0.1) is 0 Å². The van der Waals surface area contributed by atoms with Crippen LogP contribution >= 0.6 is 0 Å². The maximum absolute atomic E-state index is 13.6. The summed E-state index contributed by atoms with van der Waals surface area (Å²) >= 11 is 0.